The fourth-order valence-corrected chi connectivity index (χ4v) is 4.69. The van der Waals surface area contributed by atoms with Crippen molar-refractivity contribution in [1.29, 1.82) is 5.26 Å². The number of halogens is 2. The number of nitro groups is 1. The number of benzene rings is 1. The van der Waals surface area contributed by atoms with Crippen LogP contribution in [-0.4, -0.2) is 23.4 Å². The Hall–Kier alpha value is -2.49. The lowest BCUT2D eigenvalue weighted by Crippen LogP contribution is -2.42. The van der Waals surface area contributed by atoms with E-state index in [0.29, 0.717) is 30.6 Å². The van der Waals surface area contributed by atoms with Crippen LogP contribution in [0.4, 0.5) is 20.2 Å². The molecule has 2 fully saturated rings. The SMILES string of the molecule is C=C(C)CN(c1ccc(C2(C#N)CCCC2)cc1[N+](=O)[O-])C1CCC(F)(F)CC1. The molecule has 0 heterocycles. The Morgan fingerprint density at radius 1 is 1.31 bits per heavy atom. The normalized spacial score (nSPS) is 20.8. The van der Waals surface area contributed by atoms with E-state index in [4.69, 9.17) is 0 Å². The maximum atomic E-state index is 13.6. The van der Waals surface area contributed by atoms with Crippen molar-refractivity contribution in [2.45, 2.75) is 75.7 Å². The van der Waals surface area contributed by atoms with Gasteiger partial charge in [0, 0.05) is 31.5 Å². The minimum absolute atomic E-state index is 0.0670. The van der Waals surface area contributed by atoms with E-state index in [1.165, 1.54) is 6.07 Å². The average Bonchev–Trinajstić information content (AvgIpc) is 3.16. The van der Waals surface area contributed by atoms with Crippen molar-refractivity contribution in [3.05, 3.63) is 46.0 Å². The first-order valence-electron chi connectivity index (χ1n) is 10.2. The molecule has 1 aromatic rings. The molecule has 0 radical (unpaired) electrons. The van der Waals surface area contributed by atoms with E-state index in [1.807, 2.05) is 11.8 Å². The number of rotatable bonds is 6. The van der Waals surface area contributed by atoms with E-state index in [1.54, 1.807) is 12.1 Å². The molecule has 2 saturated carbocycles. The summed E-state index contributed by atoms with van der Waals surface area (Å²) in [5.74, 6) is -2.66. The van der Waals surface area contributed by atoms with Crippen LogP contribution in [0, 0.1) is 21.4 Å². The zero-order valence-corrected chi connectivity index (χ0v) is 16.8. The molecule has 0 N–H and O–H groups in total. The number of hydrogen-bond acceptors (Lipinski definition) is 4. The summed E-state index contributed by atoms with van der Waals surface area (Å²) in [4.78, 5) is 13.3. The van der Waals surface area contributed by atoms with Gasteiger partial charge in [-0.15, -0.1) is 0 Å². The molecule has 5 nitrogen and oxygen atoms in total. The van der Waals surface area contributed by atoms with Crippen molar-refractivity contribution in [2.75, 3.05) is 11.4 Å². The van der Waals surface area contributed by atoms with Crippen molar-refractivity contribution >= 4 is 11.4 Å². The van der Waals surface area contributed by atoms with Gasteiger partial charge in [0.15, 0.2) is 0 Å². The minimum atomic E-state index is -2.66. The van der Waals surface area contributed by atoms with Gasteiger partial charge in [-0.25, -0.2) is 8.78 Å². The molecule has 1 aromatic carbocycles. The lowest BCUT2D eigenvalue weighted by Gasteiger charge is -2.38. The first-order valence-corrected chi connectivity index (χ1v) is 10.2. The molecular weight excluding hydrogens is 376 g/mol. The van der Waals surface area contributed by atoms with Crippen molar-refractivity contribution in [3.8, 4) is 6.07 Å². The second-order valence-corrected chi connectivity index (χ2v) is 8.53. The predicted octanol–water partition coefficient (Wildman–Crippen LogP) is 5.89. The van der Waals surface area contributed by atoms with Gasteiger partial charge in [0.25, 0.3) is 5.69 Å². The molecule has 3 rings (SSSR count). The Morgan fingerprint density at radius 2 is 1.93 bits per heavy atom. The van der Waals surface area contributed by atoms with Crippen molar-refractivity contribution < 1.29 is 13.7 Å². The van der Waals surface area contributed by atoms with Gasteiger partial charge >= 0.3 is 0 Å². The summed E-state index contributed by atoms with van der Waals surface area (Å²) < 4.78 is 27.3. The number of nitro benzene ring substituents is 1. The second kappa shape index (κ2) is 8.10. The van der Waals surface area contributed by atoms with Gasteiger partial charge in [0.1, 0.15) is 5.69 Å². The molecule has 0 amide bonds. The zero-order valence-electron chi connectivity index (χ0n) is 16.8. The monoisotopic (exact) mass is 403 g/mol. The number of hydrogen-bond donors (Lipinski definition) is 0. The quantitative estimate of drug-likeness (QED) is 0.337. The van der Waals surface area contributed by atoms with E-state index in [9.17, 15) is 24.2 Å². The van der Waals surface area contributed by atoms with Crippen LogP contribution in [0.3, 0.4) is 0 Å². The molecule has 0 atom stereocenters. The second-order valence-electron chi connectivity index (χ2n) is 8.53. The van der Waals surface area contributed by atoms with Crippen molar-refractivity contribution in [2.24, 2.45) is 0 Å². The number of alkyl halides is 2. The molecule has 0 bridgehead atoms. The van der Waals surface area contributed by atoms with E-state index in [0.717, 1.165) is 18.4 Å². The van der Waals surface area contributed by atoms with Crippen molar-refractivity contribution in [3.63, 3.8) is 0 Å². The third kappa shape index (κ3) is 4.42. The van der Waals surface area contributed by atoms with Gasteiger partial charge in [-0.3, -0.25) is 10.1 Å². The Kier molecular flexibility index (Phi) is 5.92. The van der Waals surface area contributed by atoms with E-state index >= 15 is 0 Å². The van der Waals surface area contributed by atoms with Gasteiger partial charge in [0.05, 0.1) is 16.4 Å². The smallest absolute Gasteiger partial charge is 0.292 e. The molecule has 2 aliphatic rings. The first-order chi connectivity index (χ1) is 13.7. The molecule has 0 spiro atoms. The van der Waals surface area contributed by atoms with Crippen LogP contribution in [0.1, 0.15) is 63.9 Å². The van der Waals surface area contributed by atoms with Gasteiger partial charge in [-0.2, -0.15) is 5.26 Å². The topological polar surface area (TPSA) is 70.2 Å². The lowest BCUT2D eigenvalue weighted by atomic mass is 9.80. The highest BCUT2D eigenvalue weighted by atomic mass is 19.3. The summed E-state index contributed by atoms with van der Waals surface area (Å²) >= 11 is 0. The highest BCUT2D eigenvalue weighted by Gasteiger charge is 2.40. The molecule has 156 valence electrons. The number of nitriles is 1. The lowest BCUT2D eigenvalue weighted by molar-refractivity contribution is -0.384. The van der Waals surface area contributed by atoms with Gasteiger partial charge in [-0.05, 0) is 44.2 Å². The van der Waals surface area contributed by atoms with Crippen LogP contribution in [0.25, 0.3) is 0 Å². The molecule has 7 heteroatoms. The Labute approximate surface area is 170 Å². The summed E-state index contributed by atoms with van der Waals surface area (Å²) in [6, 6.07) is 7.20. The predicted molar refractivity (Wildman–Crippen MR) is 108 cm³/mol. The third-order valence-corrected chi connectivity index (χ3v) is 6.27. The Bertz CT molecular complexity index is 831. The van der Waals surface area contributed by atoms with Crippen LogP contribution in [0.2, 0.25) is 0 Å². The summed E-state index contributed by atoms with van der Waals surface area (Å²) in [6.07, 6.45) is 3.40. The molecule has 0 aromatic heterocycles. The molecule has 2 aliphatic carbocycles. The van der Waals surface area contributed by atoms with Gasteiger partial charge in [-0.1, -0.05) is 31.1 Å². The maximum absolute atomic E-state index is 13.6. The molecule has 29 heavy (non-hydrogen) atoms. The maximum Gasteiger partial charge on any atom is 0.292 e. The fraction of sp³-hybridized carbons (Fsp3) is 0.591. The van der Waals surface area contributed by atoms with Crippen molar-refractivity contribution in [1.82, 2.24) is 0 Å². The summed E-state index contributed by atoms with van der Waals surface area (Å²) in [6.45, 7) is 6.12. The standard InChI is InChI=1S/C22H27F2N3O2/c1-16(2)14-26(18-7-11-22(23,24)12-8-18)19-6-5-17(13-20(19)27(28)29)21(15-25)9-3-4-10-21/h5-6,13,18H,1,3-4,7-12,14H2,2H3. The Morgan fingerprint density at radius 3 is 2.45 bits per heavy atom. The Balaban J connectivity index is 2.00. The third-order valence-electron chi connectivity index (χ3n) is 6.27. The van der Waals surface area contributed by atoms with Gasteiger partial charge < -0.3 is 4.90 Å². The number of nitrogens with zero attached hydrogens (tertiary/aromatic N) is 3. The molecule has 0 aliphatic heterocycles. The van der Waals surface area contributed by atoms with Crippen LogP contribution in [0.5, 0.6) is 0 Å². The summed E-state index contributed by atoms with van der Waals surface area (Å²) in [5, 5.41) is 21.6. The summed E-state index contributed by atoms with van der Waals surface area (Å²) in [5.41, 5.74) is 1.17. The molecule has 0 saturated heterocycles. The van der Waals surface area contributed by atoms with E-state index in [2.05, 4.69) is 12.6 Å². The highest BCUT2D eigenvalue weighted by Crippen LogP contribution is 2.44. The van der Waals surface area contributed by atoms with Crippen LogP contribution >= 0.6 is 0 Å². The first kappa shape index (κ1) is 21.2. The minimum Gasteiger partial charge on any atom is -0.359 e. The van der Waals surface area contributed by atoms with Crippen LogP contribution in [0.15, 0.2) is 30.4 Å². The van der Waals surface area contributed by atoms with Crippen LogP contribution in [-0.2, 0) is 5.41 Å². The molecule has 0 unspecified atom stereocenters. The summed E-state index contributed by atoms with van der Waals surface area (Å²) in [7, 11) is 0. The average molecular weight is 403 g/mol. The van der Waals surface area contributed by atoms with Crippen LogP contribution < -0.4 is 4.90 Å². The highest BCUT2D eigenvalue weighted by molar-refractivity contribution is 5.66. The molecular formula is C22H27F2N3O2. The fourth-order valence-electron chi connectivity index (χ4n) is 4.69. The zero-order chi connectivity index (χ0) is 21.2. The van der Waals surface area contributed by atoms with E-state index in [-0.39, 0.29) is 37.4 Å². The number of anilines is 1. The van der Waals surface area contributed by atoms with E-state index < -0.39 is 16.3 Å². The largest absolute Gasteiger partial charge is 0.359 e. The van der Waals surface area contributed by atoms with Gasteiger partial charge in [0.2, 0.25) is 5.92 Å².